The molecular formula is C12H10N4O2S. The minimum absolute atomic E-state index is 0.0514. The monoisotopic (exact) mass is 274 g/mol. The molecule has 1 heterocycles. The number of aryl methyl sites for hydroxylation is 1. The van der Waals surface area contributed by atoms with Crippen molar-refractivity contribution in [3.05, 3.63) is 50.0 Å². The van der Waals surface area contributed by atoms with Crippen molar-refractivity contribution in [2.75, 3.05) is 5.32 Å². The summed E-state index contributed by atoms with van der Waals surface area (Å²) in [6, 6.07) is 6.47. The standard InChI is InChI=1S/C12H10N4O2S/c1-8-14-6-10(19-8)7-15-11-4-2-3-9(5-13)12(11)16(17)18/h2-4,6,15H,7H2,1H3. The van der Waals surface area contributed by atoms with Gasteiger partial charge in [-0.3, -0.25) is 10.1 Å². The number of nitrogens with zero attached hydrogens (tertiary/aromatic N) is 3. The van der Waals surface area contributed by atoms with E-state index in [9.17, 15) is 10.1 Å². The summed E-state index contributed by atoms with van der Waals surface area (Å²) >= 11 is 1.52. The molecule has 7 heteroatoms. The largest absolute Gasteiger partial charge is 0.374 e. The Balaban J connectivity index is 2.25. The minimum Gasteiger partial charge on any atom is -0.374 e. The highest BCUT2D eigenvalue weighted by Gasteiger charge is 2.19. The normalized spacial score (nSPS) is 9.89. The SMILES string of the molecule is Cc1ncc(CNc2cccc(C#N)c2[N+](=O)[O-])s1. The summed E-state index contributed by atoms with van der Waals surface area (Å²) in [5.74, 6) is 0. The molecule has 0 unspecified atom stereocenters. The quantitative estimate of drug-likeness (QED) is 0.683. The summed E-state index contributed by atoms with van der Waals surface area (Å²) in [7, 11) is 0. The molecule has 0 amide bonds. The Hall–Kier alpha value is -2.46. The number of hydrogen-bond donors (Lipinski definition) is 1. The number of thiazole rings is 1. The molecule has 0 spiro atoms. The zero-order valence-corrected chi connectivity index (χ0v) is 10.9. The van der Waals surface area contributed by atoms with E-state index in [1.165, 1.54) is 17.4 Å². The van der Waals surface area contributed by atoms with E-state index in [4.69, 9.17) is 5.26 Å². The molecular weight excluding hydrogens is 264 g/mol. The van der Waals surface area contributed by atoms with E-state index in [0.29, 0.717) is 12.2 Å². The molecule has 6 nitrogen and oxygen atoms in total. The number of nitro benzene ring substituents is 1. The molecule has 2 aromatic rings. The molecule has 0 radical (unpaired) electrons. The zero-order valence-electron chi connectivity index (χ0n) is 10.1. The smallest absolute Gasteiger partial charge is 0.309 e. The molecule has 0 saturated carbocycles. The lowest BCUT2D eigenvalue weighted by Crippen LogP contribution is -2.03. The van der Waals surface area contributed by atoms with Crippen molar-refractivity contribution in [2.24, 2.45) is 0 Å². The third-order valence-corrected chi connectivity index (χ3v) is 3.37. The summed E-state index contributed by atoms with van der Waals surface area (Å²) in [5, 5.41) is 23.8. The van der Waals surface area contributed by atoms with Gasteiger partial charge in [0, 0.05) is 11.1 Å². The molecule has 0 aliphatic heterocycles. The van der Waals surface area contributed by atoms with Crippen LogP contribution in [-0.2, 0) is 6.54 Å². The molecule has 96 valence electrons. The Bertz CT molecular complexity index is 660. The van der Waals surface area contributed by atoms with Gasteiger partial charge in [-0.05, 0) is 19.1 Å². The Labute approximate surface area is 113 Å². The highest BCUT2D eigenvalue weighted by molar-refractivity contribution is 7.11. The van der Waals surface area contributed by atoms with Crippen molar-refractivity contribution in [1.29, 1.82) is 5.26 Å². The third kappa shape index (κ3) is 2.86. The number of nitriles is 1. The predicted octanol–water partition coefficient (Wildman–Crippen LogP) is 2.84. The zero-order chi connectivity index (χ0) is 13.8. The maximum atomic E-state index is 11.0. The van der Waals surface area contributed by atoms with Gasteiger partial charge in [-0.15, -0.1) is 11.3 Å². The lowest BCUT2D eigenvalue weighted by atomic mass is 10.1. The average Bonchev–Trinajstić information content (AvgIpc) is 2.81. The van der Waals surface area contributed by atoms with Gasteiger partial charge in [-0.1, -0.05) is 6.07 Å². The molecule has 19 heavy (non-hydrogen) atoms. The molecule has 0 aliphatic rings. The van der Waals surface area contributed by atoms with Crippen LogP contribution in [0.25, 0.3) is 0 Å². The van der Waals surface area contributed by atoms with Crippen LogP contribution in [0.4, 0.5) is 11.4 Å². The van der Waals surface area contributed by atoms with Crippen LogP contribution in [0.15, 0.2) is 24.4 Å². The number of benzene rings is 1. The van der Waals surface area contributed by atoms with Crippen LogP contribution in [0.3, 0.4) is 0 Å². The van der Waals surface area contributed by atoms with Crippen LogP contribution < -0.4 is 5.32 Å². The summed E-state index contributed by atoms with van der Waals surface area (Å²) in [6.07, 6.45) is 1.73. The van der Waals surface area contributed by atoms with E-state index in [2.05, 4.69) is 10.3 Å². The van der Waals surface area contributed by atoms with Gasteiger partial charge in [0.1, 0.15) is 17.3 Å². The Morgan fingerprint density at radius 1 is 1.58 bits per heavy atom. The Kier molecular flexibility index (Phi) is 3.73. The maximum Gasteiger partial charge on any atom is 0.309 e. The van der Waals surface area contributed by atoms with Crippen LogP contribution in [0.5, 0.6) is 0 Å². The number of nitrogens with one attached hydrogen (secondary N) is 1. The lowest BCUT2D eigenvalue weighted by molar-refractivity contribution is -0.384. The van der Waals surface area contributed by atoms with Gasteiger partial charge in [-0.2, -0.15) is 5.26 Å². The first kappa shape index (κ1) is 13.0. The van der Waals surface area contributed by atoms with Crippen molar-refractivity contribution in [3.8, 4) is 6.07 Å². The van der Waals surface area contributed by atoms with Crippen molar-refractivity contribution in [1.82, 2.24) is 4.98 Å². The molecule has 0 saturated heterocycles. The van der Waals surface area contributed by atoms with Crippen LogP contribution in [0, 0.1) is 28.4 Å². The summed E-state index contributed by atoms with van der Waals surface area (Å²) < 4.78 is 0. The second-order valence-corrected chi connectivity index (χ2v) is 5.09. The first-order chi connectivity index (χ1) is 9.11. The summed E-state index contributed by atoms with van der Waals surface area (Å²) in [4.78, 5) is 15.6. The topological polar surface area (TPSA) is 91.8 Å². The first-order valence-electron chi connectivity index (χ1n) is 5.44. The van der Waals surface area contributed by atoms with Gasteiger partial charge in [0.2, 0.25) is 0 Å². The molecule has 1 aromatic heterocycles. The van der Waals surface area contributed by atoms with Gasteiger partial charge in [0.15, 0.2) is 0 Å². The number of aromatic nitrogens is 1. The highest BCUT2D eigenvalue weighted by Crippen LogP contribution is 2.28. The Morgan fingerprint density at radius 2 is 2.37 bits per heavy atom. The molecule has 0 fully saturated rings. The van der Waals surface area contributed by atoms with Gasteiger partial charge in [0.25, 0.3) is 0 Å². The molecule has 0 aliphatic carbocycles. The lowest BCUT2D eigenvalue weighted by Gasteiger charge is -2.06. The van der Waals surface area contributed by atoms with Crippen LogP contribution in [0.2, 0.25) is 0 Å². The molecule has 0 atom stereocenters. The van der Waals surface area contributed by atoms with E-state index in [0.717, 1.165) is 9.88 Å². The fourth-order valence-electron chi connectivity index (χ4n) is 1.64. The van der Waals surface area contributed by atoms with E-state index in [1.54, 1.807) is 18.3 Å². The Morgan fingerprint density at radius 3 is 2.95 bits per heavy atom. The molecule has 2 rings (SSSR count). The van der Waals surface area contributed by atoms with Crippen molar-refractivity contribution in [2.45, 2.75) is 13.5 Å². The third-order valence-electron chi connectivity index (χ3n) is 2.46. The van der Waals surface area contributed by atoms with Gasteiger partial charge < -0.3 is 5.32 Å². The second-order valence-electron chi connectivity index (χ2n) is 3.77. The minimum atomic E-state index is -0.543. The number of rotatable bonds is 4. The second kappa shape index (κ2) is 5.46. The van der Waals surface area contributed by atoms with E-state index in [-0.39, 0.29) is 11.3 Å². The fourth-order valence-corrected chi connectivity index (χ4v) is 2.38. The summed E-state index contributed by atoms with van der Waals surface area (Å²) in [5.41, 5.74) is 0.205. The van der Waals surface area contributed by atoms with Gasteiger partial charge in [0.05, 0.1) is 16.5 Å². The van der Waals surface area contributed by atoms with Crippen molar-refractivity contribution in [3.63, 3.8) is 0 Å². The average molecular weight is 274 g/mol. The number of nitro groups is 1. The predicted molar refractivity (Wildman–Crippen MR) is 72.0 cm³/mol. The molecule has 1 N–H and O–H groups in total. The number of anilines is 1. The van der Waals surface area contributed by atoms with E-state index < -0.39 is 4.92 Å². The fraction of sp³-hybridized carbons (Fsp3) is 0.167. The highest BCUT2D eigenvalue weighted by atomic mass is 32.1. The van der Waals surface area contributed by atoms with Crippen LogP contribution in [-0.4, -0.2) is 9.91 Å². The van der Waals surface area contributed by atoms with E-state index in [1.807, 2.05) is 13.0 Å². The maximum absolute atomic E-state index is 11.0. The summed E-state index contributed by atoms with van der Waals surface area (Å²) in [6.45, 7) is 2.34. The molecule has 0 bridgehead atoms. The number of para-hydroxylation sites is 1. The van der Waals surface area contributed by atoms with Crippen molar-refractivity contribution < 1.29 is 4.92 Å². The number of hydrogen-bond acceptors (Lipinski definition) is 6. The van der Waals surface area contributed by atoms with Gasteiger partial charge in [-0.25, -0.2) is 4.98 Å². The first-order valence-corrected chi connectivity index (χ1v) is 6.26. The van der Waals surface area contributed by atoms with Gasteiger partial charge >= 0.3 is 5.69 Å². The molecule has 1 aromatic carbocycles. The van der Waals surface area contributed by atoms with Crippen LogP contribution >= 0.6 is 11.3 Å². The van der Waals surface area contributed by atoms with Crippen molar-refractivity contribution >= 4 is 22.7 Å². The van der Waals surface area contributed by atoms with Crippen LogP contribution in [0.1, 0.15) is 15.4 Å². The van der Waals surface area contributed by atoms with E-state index >= 15 is 0 Å².